The van der Waals surface area contributed by atoms with Gasteiger partial charge in [-0.15, -0.1) is 11.8 Å². The largest absolute Gasteiger partial charge is 0.477 e. The van der Waals surface area contributed by atoms with Crippen LogP contribution >= 0.6 is 11.8 Å². The Balaban J connectivity index is 1.69. The van der Waals surface area contributed by atoms with Gasteiger partial charge >= 0.3 is 5.97 Å². The van der Waals surface area contributed by atoms with E-state index < -0.39 is 18.0 Å². The Kier molecular flexibility index (Phi) is 5.88. The molecule has 8 nitrogen and oxygen atoms in total. The van der Waals surface area contributed by atoms with Gasteiger partial charge in [-0.2, -0.15) is 0 Å². The van der Waals surface area contributed by atoms with Crippen molar-refractivity contribution in [3.05, 3.63) is 22.8 Å². The first kappa shape index (κ1) is 20.9. The molecule has 2 amide bonds. The van der Waals surface area contributed by atoms with Gasteiger partial charge in [0.05, 0.1) is 18.1 Å². The van der Waals surface area contributed by atoms with E-state index >= 15 is 0 Å². The van der Waals surface area contributed by atoms with Crippen LogP contribution in [0.25, 0.3) is 0 Å². The zero-order valence-corrected chi connectivity index (χ0v) is 17.3. The number of carboxylic acid groups (broad SMARTS) is 1. The molecule has 0 radical (unpaired) electrons. The van der Waals surface area contributed by atoms with Crippen LogP contribution in [-0.4, -0.2) is 93.8 Å². The molecular weight excluding hydrogens is 382 g/mol. The van der Waals surface area contributed by atoms with Crippen LogP contribution in [0.3, 0.4) is 0 Å². The highest BCUT2D eigenvalue weighted by molar-refractivity contribution is 8.03. The molecule has 9 heteroatoms. The van der Waals surface area contributed by atoms with Crippen LogP contribution in [0.2, 0.25) is 0 Å². The molecule has 0 unspecified atom stereocenters. The molecule has 0 aromatic heterocycles. The van der Waals surface area contributed by atoms with E-state index in [9.17, 15) is 24.6 Å². The Morgan fingerprint density at radius 1 is 1.36 bits per heavy atom. The third-order valence-corrected chi connectivity index (χ3v) is 6.98. The summed E-state index contributed by atoms with van der Waals surface area (Å²) < 4.78 is 0. The minimum absolute atomic E-state index is 0.0665. The summed E-state index contributed by atoms with van der Waals surface area (Å²) in [5, 5.41) is 19.6. The van der Waals surface area contributed by atoms with Crippen LogP contribution in [0.15, 0.2) is 22.8 Å². The van der Waals surface area contributed by atoms with E-state index in [1.165, 1.54) is 21.6 Å². The second-order valence-electron chi connectivity index (χ2n) is 7.90. The fourth-order valence-electron chi connectivity index (χ4n) is 4.17. The fraction of sp³-hybridized carbons (Fsp3) is 0.632. The summed E-state index contributed by atoms with van der Waals surface area (Å²) in [4.78, 5) is 41.5. The molecule has 3 aliphatic rings. The third-order valence-electron chi connectivity index (χ3n) is 5.66. The zero-order valence-electron chi connectivity index (χ0n) is 16.5. The van der Waals surface area contributed by atoms with Gasteiger partial charge in [-0.05, 0) is 20.4 Å². The number of hydrogen-bond donors (Lipinski definition) is 2. The number of carbonyl (C=O) groups is 3. The van der Waals surface area contributed by atoms with Crippen molar-refractivity contribution in [2.75, 3.05) is 27.7 Å². The van der Waals surface area contributed by atoms with Crippen molar-refractivity contribution < 1.29 is 24.6 Å². The van der Waals surface area contributed by atoms with Crippen LogP contribution in [0.4, 0.5) is 0 Å². The number of rotatable bonds is 6. The lowest BCUT2D eigenvalue weighted by atomic mass is 9.83. The summed E-state index contributed by atoms with van der Waals surface area (Å²) in [5.74, 6) is -1.99. The average Bonchev–Trinajstić information content (AvgIpc) is 3.10. The topological polar surface area (TPSA) is 101 Å². The standard InChI is InChI=1S/C19H27N3O5S/c1-10(23)16-13-8-14(17(19(26)27)22(13)18(16)25)28-12-7-11(21(4)9-12)5-6-15(24)20(2)3/h5-6,10-13,16,23H,7-9H2,1-4H3,(H,26,27)/t10-,11-,12+,13-,16-/m1/s1. The Hall–Kier alpha value is -1.84. The summed E-state index contributed by atoms with van der Waals surface area (Å²) in [5.41, 5.74) is 0.0707. The van der Waals surface area contributed by atoms with Crippen LogP contribution in [-0.2, 0) is 14.4 Å². The lowest BCUT2D eigenvalue weighted by Crippen LogP contribution is -2.61. The number of aliphatic hydroxyl groups is 1. The highest BCUT2D eigenvalue weighted by Gasteiger charge is 2.57. The van der Waals surface area contributed by atoms with E-state index in [0.717, 1.165) is 13.0 Å². The number of carboxylic acids is 1. The summed E-state index contributed by atoms with van der Waals surface area (Å²) in [6.45, 7) is 2.34. The predicted molar refractivity (Wildman–Crippen MR) is 105 cm³/mol. The Morgan fingerprint density at radius 3 is 2.61 bits per heavy atom. The molecule has 5 atom stereocenters. The van der Waals surface area contributed by atoms with Crippen molar-refractivity contribution >= 4 is 29.5 Å². The SMILES string of the molecule is C[C@@H](O)[C@H]1C(=O)N2C(C(=O)O)=C(S[C@H]3C[C@@H](C=CC(=O)N(C)C)N(C)C3)C[C@H]12. The Labute approximate surface area is 168 Å². The average molecular weight is 410 g/mol. The molecule has 0 saturated carbocycles. The minimum Gasteiger partial charge on any atom is -0.477 e. The van der Waals surface area contributed by atoms with Gasteiger partial charge in [0.15, 0.2) is 0 Å². The van der Waals surface area contributed by atoms with Gasteiger partial charge in [0.1, 0.15) is 5.70 Å². The van der Waals surface area contributed by atoms with Crippen LogP contribution in [0.1, 0.15) is 19.8 Å². The molecule has 0 aromatic rings. The van der Waals surface area contributed by atoms with Gasteiger partial charge in [-0.25, -0.2) is 4.79 Å². The number of likely N-dealkylation sites (N-methyl/N-ethyl adjacent to an activating group) is 2. The Morgan fingerprint density at radius 2 is 2.04 bits per heavy atom. The van der Waals surface area contributed by atoms with Gasteiger partial charge in [0.25, 0.3) is 0 Å². The quantitative estimate of drug-likeness (QED) is 0.482. The monoisotopic (exact) mass is 409 g/mol. The minimum atomic E-state index is -1.10. The third kappa shape index (κ3) is 3.70. The maximum Gasteiger partial charge on any atom is 0.353 e. The summed E-state index contributed by atoms with van der Waals surface area (Å²) in [7, 11) is 5.39. The number of hydrogen-bond acceptors (Lipinski definition) is 6. The molecule has 3 heterocycles. The summed E-state index contributed by atoms with van der Waals surface area (Å²) in [6.07, 6.45) is 3.96. The lowest BCUT2D eigenvalue weighted by Gasteiger charge is -2.44. The number of amides is 2. The van der Waals surface area contributed by atoms with Crippen molar-refractivity contribution in [2.24, 2.45) is 5.92 Å². The van der Waals surface area contributed by atoms with E-state index in [1.807, 2.05) is 13.1 Å². The molecule has 154 valence electrons. The van der Waals surface area contributed by atoms with Gasteiger partial charge in [-0.1, -0.05) is 6.08 Å². The highest BCUT2D eigenvalue weighted by Crippen LogP contribution is 2.49. The van der Waals surface area contributed by atoms with Gasteiger partial charge in [-0.3, -0.25) is 14.5 Å². The molecule has 2 fully saturated rings. The lowest BCUT2D eigenvalue weighted by molar-refractivity contribution is -0.161. The van der Waals surface area contributed by atoms with Crippen LogP contribution < -0.4 is 0 Å². The molecular formula is C19H27N3O5S. The second-order valence-corrected chi connectivity index (χ2v) is 9.29. The molecule has 0 spiro atoms. The van der Waals surface area contributed by atoms with Crippen LogP contribution in [0, 0.1) is 5.92 Å². The molecule has 0 aromatic carbocycles. The first-order chi connectivity index (χ1) is 13.1. The predicted octanol–water partition coefficient (Wildman–Crippen LogP) is 0.344. The highest BCUT2D eigenvalue weighted by atomic mass is 32.2. The van der Waals surface area contributed by atoms with Crippen molar-refractivity contribution in [1.82, 2.24) is 14.7 Å². The molecule has 2 N–H and O–H groups in total. The molecule has 2 saturated heterocycles. The second kappa shape index (κ2) is 7.88. The maximum absolute atomic E-state index is 12.3. The van der Waals surface area contributed by atoms with E-state index in [-0.39, 0.29) is 34.8 Å². The first-order valence-corrected chi connectivity index (χ1v) is 10.2. The van der Waals surface area contributed by atoms with Gasteiger partial charge in [0.2, 0.25) is 11.8 Å². The van der Waals surface area contributed by atoms with Crippen molar-refractivity contribution in [3.8, 4) is 0 Å². The Bertz CT molecular complexity index is 748. The molecule has 3 rings (SSSR count). The number of β-lactam (4-membered cyclic amide) rings is 1. The number of fused-ring (bicyclic) bond motifs is 1. The number of likely N-dealkylation sites (tertiary alicyclic amines) is 1. The molecule has 0 aliphatic carbocycles. The number of nitrogens with zero attached hydrogens (tertiary/aromatic N) is 3. The fourth-order valence-corrected chi connectivity index (χ4v) is 5.74. The molecule has 28 heavy (non-hydrogen) atoms. The van der Waals surface area contributed by atoms with Crippen molar-refractivity contribution in [2.45, 2.75) is 43.2 Å². The number of carbonyl (C=O) groups excluding carboxylic acids is 2. The number of aliphatic hydroxyl groups excluding tert-OH is 1. The summed E-state index contributed by atoms with van der Waals surface area (Å²) in [6, 6.07) is -0.144. The van der Waals surface area contributed by atoms with Crippen molar-refractivity contribution in [1.29, 1.82) is 0 Å². The zero-order chi connectivity index (χ0) is 20.7. The first-order valence-electron chi connectivity index (χ1n) is 9.35. The number of thioether (sulfide) groups is 1. The van der Waals surface area contributed by atoms with E-state index in [0.29, 0.717) is 11.3 Å². The van der Waals surface area contributed by atoms with Crippen molar-refractivity contribution in [3.63, 3.8) is 0 Å². The number of aliphatic carboxylic acids is 1. The normalized spacial score (nSPS) is 31.3. The van der Waals surface area contributed by atoms with E-state index in [1.54, 1.807) is 27.1 Å². The maximum atomic E-state index is 12.3. The summed E-state index contributed by atoms with van der Waals surface area (Å²) >= 11 is 1.51. The van der Waals surface area contributed by atoms with E-state index in [4.69, 9.17) is 0 Å². The molecule has 3 aliphatic heterocycles. The smallest absolute Gasteiger partial charge is 0.353 e. The molecule has 0 bridgehead atoms. The van der Waals surface area contributed by atoms with Crippen LogP contribution in [0.5, 0.6) is 0 Å². The van der Waals surface area contributed by atoms with E-state index in [2.05, 4.69) is 4.90 Å². The van der Waals surface area contributed by atoms with Gasteiger partial charge in [0, 0.05) is 49.3 Å². The van der Waals surface area contributed by atoms with Gasteiger partial charge < -0.3 is 20.0 Å².